The summed E-state index contributed by atoms with van der Waals surface area (Å²) in [5.41, 5.74) is 2.47. The highest BCUT2D eigenvalue weighted by Crippen LogP contribution is 2.38. The first-order valence-corrected chi connectivity index (χ1v) is 15.4. The molecular weight excluding hydrogens is 598 g/mol. The maximum absolute atomic E-state index is 12.7. The molecule has 0 spiro atoms. The predicted octanol–water partition coefficient (Wildman–Crippen LogP) is 5.03. The first-order valence-electron chi connectivity index (χ1n) is 11.9. The van der Waals surface area contributed by atoms with E-state index in [4.69, 9.17) is 9.47 Å². The van der Waals surface area contributed by atoms with Crippen molar-refractivity contribution in [2.24, 2.45) is 4.99 Å². The zero-order chi connectivity index (χ0) is 26.4. The number of rotatable bonds is 9. The van der Waals surface area contributed by atoms with E-state index in [1.807, 2.05) is 22.8 Å². The van der Waals surface area contributed by atoms with E-state index in [-0.39, 0.29) is 23.3 Å². The molecule has 2 amide bonds. The number of amides is 2. The van der Waals surface area contributed by atoms with Gasteiger partial charge in [0.25, 0.3) is 5.91 Å². The van der Waals surface area contributed by atoms with Crippen LogP contribution in [0.2, 0.25) is 0 Å². The number of nitrogens with one attached hydrogen (secondary N) is 1. The number of hydrogen-bond acceptors (Lipinski definition) is 8. The van der Waals surface area contributed by atoms with Crippen LogP contribution in [-0.2, 0) is 38.4 Å². The van der Waals surface area contributed by atoms with Crippen molar-refractivity contribution in [2.75, 3.05) is 37.6 Å². The number of nitrogens with zero attached hydrogens (tertiary/aromatic N) is 2. The lowest BCUT2D eigenvalue weighted by Gasteiger charge is -2.07. The fraction of sp³-hybridized carbons (Fsp3) is 0.440. The van der Waals surface area contributed by atoms with Gasteiger partial charge >= 0.3 is 5.97 Å². The van der Waals surface area contributed by atoms with Crippen LogP contribution in [0.1, 0.15) is 40.1 Å². The van der Waals surface area contributed by atoms with Gasteiger partial charge in [0.15, 0.2) is 4.80 Å². The molecule has 1 aliphatic carbocycles. The van der Waals surface area contributed by atoms with Crippen LogP contribution >= 0.6 is 50.4 Å². The van der Waals surface area contributed by atoms with E-state index in [0.29, 0.717) is 28.5 Å². The Hall–Kier alpha value is -1.99. The van der Waals surface area contributed by atoms with Gasteiger partial charge in [-0.25, -0.2) is 4.79 Å². The quantitative estimate of drug-likeness (QED) is 0.265. The number of benzene rings is 1. The highest BCUT2D eigenvalue weighted by atomic mass is 79.9. The summed E-state index contributed by atoms with van der Waals surface area (Å²) in [4.78, 5) is 43.9. The Balaban J connectivity index is 1.41. The number of anilines is 1. The minimum absolute atomic E-state index is 0.0699. The van der Waals surface area contributed by atoms with Crippen LogP contribution in [0.25, 0.3) is 10.2 Å². The third kappa shape index (κ3) is 6.91. The lowest BCUT2D eigenvalue weighted by molar-refractivity contribution is -0.115. The van der Waals surface area contributed by atoms with Crippen LogP contribution < -0.4 is 10.1 Å². The lowest BCUT2D eigenvalue weighted by atomic mass is 10.1. The Kier molecular flexibility index (Phi) is 9.99. The fourth-order valence-corrected chi connectivity index (χ4v) is 7.73. The van der Waals surface area contributed by atoms with Crippen molar-refractivity contribution in [3.8, 4) is 0 Å². The van der Waals surface area contributed by atoms with Crippen molar-refractivity contribution in [2.45, 2.75) is 38.6 Å². The predicted molar refractivity (Wildman–Crippen MR) is 153 cm³/mol. The van der Waals surface area contributed by atoms with E-state index in [0.717, 1.165) is 57.2 Å². The zero-order valence-corrected chi connectivity index (χ0v) is 24.7. The van der Waals surface area contributed by atoms with Crippen LogP contribution in [0.4, 0.5) is 5.00 Å². The third-order valence-corrected chi connectivity index (χ3v) is 9.57. The molecule has 3 aromatic rings. The highest BCUT2D eigenvalue weighted by molar-refractivity contribution is 9.10. The minimum atomic E-state index is -0.423. The molecule has 8 nitrogen and oxygen atoms in total. The molecule has 1 aliphatic rings. The molecule has 0 saturated heterocycles. The number of thiazole rings is 1. The van der Waals surface area contributed by atoms with Gasteiger partial charge in [-0.15, -0.1) is 23.1 Å². The Morgan fingerprint density at radius 1 is 1.14 bits per heavy atom. The molecule has 0 saturated carbocycles. The summed E-state index contributed by atoms with van der Waals surface area (Å²) in [6.07, 6.45) is 4.95. The number of thioether (sulfide) groups is 1. The smallest absolute Gasteiger partial charge is 0.341 e. The Morgan fingerprint density at radius 3 is 2.73 bits per heavy atom. The number of hydrogen-bond donors (Lipinski definition) is 1. The summed E-state index contributed by atoms with van der Waals surface area (Å²) >= 11 is 7.58. The Labute approximate surface area is 235 Å². The average molecular weight is 627 g/mol. The van der Waals surface area contributed by atoms with E-state index < -0.39 is 5.97 Å². The van der Waals surface area contributed by atoms with E-state index in [1.54, 1.807) is 7.11 Å². The number of aryl methyl sites for hydroxylation is 1. The van der Waals surface area contributed by atoms with Gasteiger partial charge in [-0.05, 0) is 49.4 Å². The molecule has 2 aromatic heterocycles. The summed E-state index contributed by atoms with van der Waals surface area (Å²) < 4.78 is 14.2. The molecule has 37 heavy (non-hydrogen) atoms. The Morgan fingerprint density at radius 2 is 1.95 bits per heavy atom. The van der Waals surface area contributed by atoms with Gasteiger partial charge in [0, 0.05) is 23.0 Å². The molecule has 1 N–H and O–H groups in total. The normalized spacial score (nSPS) is 13.9. The molecule has 0 aliphatic heterocycles. The lowest BCUT2D eigenvalue weighted by Crippen LogP contribution is -2.20. The van der Waals surface area contributed by atoms with Crippen molar-refractivity contribution in [1.29, 1.82) is 0 Å². The van der Waals surface area contributed by atoms with Crippen LogP contribution in [0, 0.1) is 0 Å². The number of carbonyl (C=O) groups excluding carboxylic acids is 3. The van der Waals surface area contributed by atoms with Crippen molar-refractivity contribution in [3.63, 3.8) is 0 Å². The van der Waals surface area contributed by atoms with E-state index >= 15 is 0 Å². The number of fused-ring (bicyclic) bond motifs is 2. The Bertz CT molecular complexity index is 1380. The van der Waals surface area contributed by atoms with Crippen molar-refractivity contribution in [3.05, 3.63) is 43.5 Å². The second kappa shape index (κ2) is 13.2. The highest BCUT2D eigenvalue weighted by Gasteiger charge is 2.26. The first kappa shape index (κ1) is 28.0. The van der Waals surface area contributed by atoms with Crippen molar-refractivity contribution >= 4 is 83.4 Å². The molecule has 0 unspecified atom stereocenters. The van der Waals surface area contributed by atoms with Crippen LogP contribution in [-0.4, -0.2) is 54.7 Å². The number of carbonyl (C=O) groups is 3. The number of thiophene rings is 1. The summed E-state index contributed by atoms with van der Waals surface area (Å²) in [5.74, 6) is -0.851. The maximum Gasteiger partial charge on any atom is 0.341 e. The molecule has 4 rings (SSSR count). The number of methoxy groups -OCH3 is 2. The number of aromatic nitrogens is 1. The number of esters is 1. The second-order valence-electron chi connectivity index (χ2n) is 8.45. The van der Waals surface area contributed by atoms with Crippen LogP contribution in [0.15, 0.2) is 27.7 Å². The zero-order valence-electron chi connectivity index (χ0n) is 20.6. The maximum atomic E-state index is 12.7. The minimum Gasteiger partial charge on any atom is -0.465 e. The molecule has 198 valence electrons. The molecule has 0 radical (unpaired) electrons. The summed E-state index contributed by atoms with van der Waals surface area (Å²) in [6, 6.07) is 5.94. The van der Waals surface area contributed by atoms with Gasteiger partial charge in [0.05, 0.1) is 41.0 Å². The standard InChI is InChI=1S/C25H28BrN3O5S3/c1-33-11-10-29-17-9-8-15(26)12-19(17)37-25(29)28-21(31)14-35-13-20(30)27-23-22(24(32)34-2)16-6-4-3-5-7-18(16)36-23/h8-9,12H,3-7,10-11,13-14H2,1-2H3,(H,27,30). The molecule has 2 heterocycles. The molecule has 0 fully saturated rings. The number of ether oxygens (including phenoxy) is 2. The van der Waals surface area contributed by atoms with E-state index in [1.165, 1.54) is 41.5 Å². The van der Waals surface area contributed by atoms with Crippen molar-refractivity contribution < 1.29 is 23.9 Å². The molecule has 0 bridgehead atoms. The number of halogens is 1. The topological polar surface area (TPSA) is 99.0 Å². The molecule has 1 aromatic carbocycles. The summed E-state index contributed by atoms with van der Waals surface area (Å²) in [7, 11) is 2.99. The molecular formula is C25H28BrN3O5S3. The van der Waals surface area contributed by atoms with Gasteiger partial charge in [0.2, 0.25) is 5.91 Å². The monoisotopic (exact) mass is 625 g/mol. The van der Waals surface area contributed by atoms with Crippen LogP contribution in [0.3, 0.4) is 0 Å². The van der Waals surface area contributed by atoms with Gasteiger partial charge in [-0.3, -0.25) is 9.59 Å². The van der Waals surface area contributed by atoms with Gasteiger partial charge in [-0.2, -0.15) is 4.99 Å². The first-order chi connectivity index (χ1) is 17.9. The van der Waals surface area contributed by atoms with E-state index in [9.17, 15) is 14.4 Å². The summed E-state index contributed by atoms with van der Waals surface area (Å²) in [6.45, 7) is 1.07. The van der Waals surface area contributed by atoms with Gasteiger partial charge < -0.3 is 19.4 Å². The van der Waals surface area contributed by atoms with E-state index in [2.05, 4.69) is 26.2 Å². The third-order valence-electron chi connectivity index (χ3n) is 5.91. The summed E-state index contributed by atoms with van der Waals surface area (Å²) in [5, 5.41) is 3.42. The second-order valence-corrected chi connectivity index (χ2v) is 12.5. The fourth-order valence-electron chi connectivity index (χ4n) is 4.21. The average Bonchev–Trinajstić information content (AvgIpc) is 3.28. The van der Waals surface area contributed by atoms with Gasteiger partial charge in [0.1, 0.15) is 5.00 Å². The van der Waals surface area contributed by atoms with Gasteiger partial charge in [-0.1, -0.05) is 33.7 Å². The van der Waals surface area contributed by atoms with Crippen molar-refractivity contribution in [1.82, 2.24) is 4.57 Å². The largest absolute Gasteiger partial charge is 0.465 e. The molecule has 12 heteroatoms. The van der Waals surface area contributed by atoms with Crippen LogP contribution in [0.5, 0.6) is 0 Å². The SMILES string of the molecule is COCCn1c(=NC(=O)CSCC(=O)Nc2sc3c(c2C(=O)OC)CCCCC3)sc2cc(Br)ccc21. The molecule has 0 atom stereocenters.